The van der Waals surface area contributed by atoms with E-state index < -0.39 is 6.10 Å². The molecule has 0 aliphatic carbocycles. The van der Waals surface area contributed by atoms with Gasteiger partial charge in [-0.2, -0.15) is 0 Å². The molecule has 1 fully saturated rings. The summed E-state index contributed by atoms with van der Waals surface area (Å²) in [7, 11) is 0. The maximum Gasteiger partial charge on any atom is 0.227 e. The first-order chi connectivity index (χ1) is 9.03. The Kier molecular flexibility index (Phi) is 4.22. The topological polar surface area (TPSA) is 61.4 Å². The summed E-state index contributed by atoms with van der Waals surface area (Å²) in [5.41, 5.74) is 1.57. The van der Waals surface area contributed by atoms with E-state index >= 15 is 0 Å². The van der Waals surface area contributed by atoms with E-state index in [0.29, 0.717) is 6.54 Å². The summed E-state index contributed by atoms with van der Waals surface area (Å²) in [6.45, 7) is 5.77. The lowest BCUT2D eigenvalue weighted by atomic mass is 9.88. The molecule has 0 aromatic heterocycles. The lowest BCUT2D eigenvalue weighted by Gasteiger charge is -2.23. The van der Waals surface area contributed by atoms with Crippen LogP contribution in [0.3, 0.4) is 0 Å². The highest BCUT2D eigenvalue weighted by molar-refractivity contribution is 5.82. The predicted octanol–water partition coefficient (Wildman–Crippen LogP) is 1.14. The lowest BCUT2D eigenvalue weighted by molar-refractivity contribution is -0.129. The van der Waals surface area contributed by atoms with Crippen molar-refractivity contribution in [1.29, 1.82) is 0 Å². The molecule has 3 N–H and O–H groups in total. The summed E-state index contributed by atoms with van der Waals surface area (Å²) in [4.78, 5) is 12.1. The normalized spacial score (nSPS) is 24.2. The molecule has 1 aromatic rings. The quantitative estimate of drug-likeness (QED) is 0.762. The van der Waals surface area contributed by atoms with Gasteiger partial charge in [0.2, 0.25) is 5.91 Å². The van der Waals surface area contributed by atoms with Crippen molar-refractivity contribution in [2.24, 2.45) is 5.41 Å². The monoisotopic (exact) mass is 262 g/mol. The first-order valence-corrected chi connectivity index (χ1v) is 6.75. The van der Waals surface area contributed by atoms with Crippen molar-refractivity contribution in [2.75, 3.05) is 19.6 Å². The molecule has 2 atom stereocenters. The Bertz CT molecular complexity index is 453. The molecule has 0 radical (unpaired) electrons. The van der Waals surface area contributed by atoms with Crippen LogP contribution in [-0.4, -0.2) is 30.6 Å². The van der Waals surface area contributed by atoms with Crippen LogP contribution in [0.15, 0.2) is 24.3 Å². The Morgan fingerprint density at radius 3 is 2.89 bits per heavy atom. The van der Waals surface area contributed by atoms with E-state index in [1.54, 1.807) is 0 Å². The van der Waals surface area contributed by atoms with Crippen LogP contribution in [0, 0.1) is 12.3 Å². The van der Waals surface area contributed by atoms with E-state index in [1.165, 1.54) is 0 Å². The van der Waals surface area contributed by atoms with Crippen LogP contribution in [0.5, 0.6) is 0 Å². The van der Waals surface area contributed by atoms with Gasteiger partial charge in [0.15, 0.2) is 0 Å². The molecule has 1 heterocycles. The molecule has 1 aromatic carbocycles. The number of aliphatic hydroxyl groups is 1. The zero-order valence-corrected chi connectivity index (χ0v) is 11.6. The van der Waals surface area contributed by atoms with E-state index in [0.717, 1.165) is 24.1 Å². The Morgan fingerprint density at radius 2 is 2.26 bits per heavy atom. The number of carbonyl (C=O) groups excluding carboxylic acids is 1. The molecule has 1 amide bonds. The Labute approximate surface area is 114 Å². The minimum Gasteiger partial charge on any atom is -0.387 e. The van der Waals surface area contributed by atoms with Gasteiger partial charge in [-0.25, -0.2) is 0 Å². The number of hydrogen-bond acceptors (Lipinski definition) is 3. The van der Waals surface area contributed by atoms with Crippen molar-refractivity contribution in [3.63, 3.8) is 0 Å². The first kappa shape index (κ1) is 14.0. The van der Waals surface area contributed by atoms with E-state index in [2.05, 4.69) is 10.6 Å². The van der Waals surface area contributed by atoms with Crippen LogP contribution in [0.25, 0.3) is 0 Å². The van der Waals surface area contributed by atoms with Crippen molar-refractivity contribution < 1.29 is 9.90 Å². The predicted molar refractivity (Wildman–Crippen MR) is 74.7 cm³/mol. The minimum absolute atomic E-state index is 0.0186. The molecule has 1 saturated heterocycles. The average molecular weight is 262 g/mol. The molecule has 4 nitrogen and oxygen atoms in total. The molecule has 2 unspecified atom stereocenters. The molecule has 4 heteroatoms. The van der Waals surface area contributed by atoms with Gasteiger partial charge < -0.3 is 15.7 Å². The number of carbonyl (C=O) groups is 1. The van der Waals surface area contributed by atoms with Gasteiger partial charge in [-0.05, 0) is 37.9 Å². The fourth-order valence-electron chi connectivity index (χ4n) is 2.48. The van der Waals surface area contributed by atoms with E-state index in [1.807, 2.05) is 38.1 Å². The number of amides is 1. The number of aryl methyl sites for hydroxylation is 1. The highest BCUT2D eigenvalue weighted by Gasteiger charge is 2.36. The highest BCUT2D eigenvalue weighted by Crippen LogP contribution is 2.25. The molecule has 0 saturated carbocycles. The van der Waals surface area contributed by atoms with Crippen LogP contribution in [0.1, 0.15) is 30.6 Å². The van der Waals surface area contributed by atoms with Crippen molar-refractivity contribution in [1.82, 2.24) is 10.6 Å². The van der Waals surface area contributed by atoms with Crippen molar-refractivity contribution in [3.05, 3.63) is 35.4 Å². The molecule has 19 heavy (non-hydrogen) atoms. The zero-order chi connectivity index (χ0) is 13.9. The average Bonchev–Trinajstić information content (AvgIpc) is 2.84. The maximum atomic E-state index is 12.1. The third kappa shape index (κ3) is 3.14. The zero-order valence-electron chi connectivity index (χ0n) is 11.6. The number of aliphatic hydroxyl groups excluding tert-OH is 1. The minimum atomic E-state index is -0.650. The van der Waals surface area contributed by atoms with Crippen LogP contribution >= 0.6 is 0 Å². The summed E-state index contributed by atoms with van der Waals surface area (Å²) in [6, 6.07) is 7.69. The third-order valence-corrected chi connectivity index (χ3v) is 3.92. The molecular weight excluding hydrogens is 240 g/mol. The maximum absolute atomic E-state index is 12.1. The van der Waals surface area contributed by atoms with Crippen LogP contribution in [0.2, 0.25) is 0 Å². The first-order valence-electron chi connectivity index (χ1n) is 6.75. The van der Waals surface area contributed by atoms with Gasteiger partial charge in [0.25, 0.3) is 0 Å². The number of hydrogen-bond donors (Lipinski definition) is 3. The molecule has 1 aliphatic rings. The number of benzene rings is 1. The Balaban J connectivity index is 1.92. The van der Waals surface area contributed by atoms with Crippen LogP contribution in [-0.2, 0) is 4.79 Å². The molecular formula is C15H22N2O2. The van der Waals surface area contributed by atoms with Gasteiger partial charge >= 0.3 is 0 Å². The molecule has 1 aliphatic heterocycles. The molecule has 2 rings (SSSR count). The summed E-state index contributed by atoms with van der Waals surface area (Å²) >= 11 is 0. The second kappa shape index (κ2) is 5.72. The summed E-state index contributed by atoms with van der Waals surface area (Å²) < 4.78 is 0. The summed E-state index contributed by atoms with van der Waals surface area (Å²) in [5.74, 6) is 0.0186. The SMILES string of the molecule is Cc1ccccc1C(O)CNC(=O)C1(C)CCNC1. The molecule has 104 valence electrons. The van der Waals surface area contributed by atoms with Crippen molar-refractivity contribution >= 4 is 5.91 Å². The molecule has 0 bridgehead atoms. The van der Waals surface area contributed by atoms with Crippen LogP contribution < -0.4 is 10.6 Å². The van der Waals surface area contributed by atoms with Gasteiger partial charge in [-0.3, -0.25) is 4.79 Å². The van der Waals surface area contributed by atoms with Crippen molar-refractivity contribution in [2.45, 2.75) is 26.4 Å². The van der Waals surface area contributed by atoms with E-state index in [4.69, 9.17) is 0 Å². The van der Waals surface area contributed by atoms with Gasteiger partial charge in [0.1, 0.15) is 0 Å². The van der Waals surface area contributed by atoms with Crippen molar-refractivity contribution in [3.8, 4) is 0 Å². The van der Waals surface area contributed by atoms with Gasteiger partial charge in [-0.1, -0.05) is 24.3 Å². The van der Waals surface area contributed by atoms with Crippen LogP contribution in [0.4, 0.5) is 0 Å². The standard InChI is InChI=1S/C15H22N2O2/c1-11-5-3-4-6-12(11)13(18)9-17-14(19)15(2)7-8-16-10-15/h3-6,13,16,18H,7-10H2,1-2H3,(H,17,19). The Hall–Kier alpha value is -1.39. The smallest absolute Gasteiger partial charge is 0.227 e. The summed E-state index contributed by atoms with van der Waals surface area (Å²) in [6.07, 6.45) is 0.197. The fraction of sp³-hybridized carbons (Fsp3) is 0.533. The lowest BCUT2D eigenvalue weighted by Crippen LogP contribution is -2.42. The van der Waals surface area contributed by atoms with Gasteiger partial charge in [0.05, 0.1) is 11.5 Å². The Morgan fingerprint density at radius 1 is 1.53 bits per heavy atom. The van der Waals surface area contributed by atoms with E-state index in [9.17, 15) is 9.90 Å². The number of nitrogens with one attached hydrogen (secondary N) is 2. The third-order valence-electron chi connectivity index (χ3n) is 3.92. The highest BCUT2D eigenvalue weighted by atomic mass is 16.3. The fourth-order valence-corrected chi connectivity index (χ4v) is 2.48. The van der Waals surface area contributed by atoms with Gasteiger partial charge in [0, 0.05) is 13.1 Å². The molecule has 0 spiro atoms. The van der Waals surface area contributed by atoms with Gasteiger partial charge in [-0.15, -0.1) is 0 Å². The largest absolute Gasteiger partial charge is 0.387 e. The second-order valence-electron chi connectivity index (χ2n) is 5.57. The van der Waals surface area contributed by atoms with E-state index in [-0.39, 0.29) is 17.9 Å². The number of rotatable bonds is 4. The second-order valence-corrected chi connectivity index (χ2v) is 5.57. The summed E-state index contributed by atoms with van der Waals surface area (Å²) in [5, 5.41) is 16.2.